The smallest absolute Gasteiger partial charge is 0.263 e. The van der Waals surface area contributed by atoms with Gasteiger partial charge in [0.05, 0.1) is 11.1 Å². The number of fused-ring (bicyclic) bond motifs is 3. The normalized spacial score (nSPS) is 14.2. The van der Waals surface area contributed by atoms with Gasteiger partial charge in [-0.05, 0) is 42.7 Å². The number of hydrogen-bond donors (Lipinski definition) is 1. The molecule has 1 aromatic carbocycles. The van der Waals surface area contributed by atoms with Crippen LogP contribution in [0.3, 0.4) is 0 Å². The number of rotatable bonds is 8. The van der Waals surface area contributed by atoms with Crippen molar-refractivity contribution in [2.75, 3.05) is 12.3 Å². The number of hydrogen-bond acceptors (Lipinski definition) is 5. The molecule has 0 radical (unpaired) electrons. The molecule has 7 heteroatoms. The number of carbonyl (C=O) groups excluding carboxylic acids is 1. The molecule has 1 aliphatic carbocycles. The van der Waals surface area contributed by atoms with E-state index < -0.39 is 0 Å². The number of allylic oxidation sites excluding steroid dienone is 1. The molecule has 0 bridgehead atoms. The fourth-order valence-corrected chi connectivity index (χ4v) is 6.11. The van der Waals surface area contributed by atoms with Crippen LogP contribution in [0.5, 0.6) is 0 Å². The van der Waals surface area contributed by atoms with E-state index in [0.29, 0.717) is 18.2 Å². The highest BCUT2D eigenvalue weighted by molar-refractivity contribution is 7.99. The first-order valence-electron chi connectivity index (χ1n) is 10.7. The van der Waals surface area contributed by atoms with E-state index in [-0.39, 0.29) is 23.1 Å². The minimum Gasteiger partial charge on any atom is -0.355 e. The molecule has 1 aliphatic rings. The molecule has 5 nitrogen and oxygen atoms in total. The zero-order valence-electron chi connectivity index (χ0n) is 17.7. The third kappa shape index (κ3) is 4.77. The minimum absolute atomic E-state index is 0.00934. The van der Waals surface area contributed by atoms with Gasteiger partial charge < -0.3 is 5.32 Å². The first-order chi connectivity index (χ1) is 15.1. The van der Waals surface area contributed by atoms with Crippen molar-refractivity contribution in [1.29, 1.82) is 0 Å². The van der Waals surface area contributed by atoms with Gasteiger partial charge in [0, 0.05) is 18.0 Å². The van der Waals surface area contributed by atoms with Gasteiger partial charge in [-0.1, -0.05) is 55.1 Å². The lowest BCUT2D eigenvalue weighted by atomic mass is 9.97. The molecule has 0 saturated carbocycles. The minimum atomic E-state index is -0.0576. The topological polar surface area (TPSA) is 64.0 Å². The summed E-state index contributed by atoms with van der Waals surface area (Å²) in [5, 5.41) is 4.36. The number of aryl methyl sites for hydroxylation is 2. The Kier molecular flexibility index (Phi) is 6.92. The van der Waals surface area contributed by atoms with Crippen LogP contribution in [0, 0.1) is 0 Å². The second-order valence-corrected chi connectivity index (χ2v) is 9.92. The summed E-state index contributed by atoms with van der Waals surface area (Å²) in [5.74, 6) is 0.403. The lowest BCUT2D eigenvalue weighted by molar-refractivity contribution is -0.118. The number of amides is 1. The van der Waals surface area contributed by atoms with Crippen LogP contribution in [-0.4, -0.2) is 27.8 Å². The number of benzene rings is 1. The number of thioether (sulfide) groups is 1. The van der Waals surface area contributed by atoms with Gasteiger partial charge in [-0.2, -0.15) is 0 Å². The number of nitrogens with zero attached hydrogens (tertiary/aromatic N) is 2. The van der Waals surface area contributed by atoms with E-state index in [4.69, 9.17) is 4.98 Å². The van der Waals surface area contributed by atoms with Gasteiger partial charge in [0.15, 0.2) is 5.16 Å². The standard InChI is InChI=1S/C24H27N3O2S2/c1-3-13-27-23(29)21-18-11-7-8-12-19(18)31-22(21)26-24(27)30-15-20(28)25-14-16(2)17-9-5-4-6-10-17/h3-6,9-10,16H,1,7-8,11-15H2,2H3,(H,25,28). The summed E-state index contributed by atoms with van der Waals surface area (Å²) in [6, 6.07) is 10.1. The fraction of sp³-hybridized carbons (Fsp3) is 0.375. The lowest BCUT2D eigenvalue weighted by Crippen LogP contribution is -2.29. The number of carbonyl (C=O) groups is 1. The Hall–Kier alpha value is -2.38. The van der Waals surface area contributed by atoms with Gasteiger partial charge in [-0.25, -0.2) is 4.98 Å². The molecule has 0 aliphatic heterocycles. The van der Waals surface area contributed by atoms with E-state index in [9.17, 15) is 9.59 Å². The third-order valence-electron chi connectivity index (χ3n) is 5.66. The van der Waals surface area contributed by atoms with Crippen molar-refractivity contribution in [2.45, 2.75) is 50.2 Å². The number of nitrogens with one attached hydrogen (secondary N) is 1. The predicted molar refractivity (Wildman–Crippen MR) is 129 cm³/mol. The molecule has 0 spiro atoms. The molecular weight excluding hydrogens is 426 g/mol. The van der Waals surface area contributed by atoms with Crippen LogP contribution in [0.15, 0.2) is 52.9 Å². The summed E-state index contributed by atoms with van der Waals surface area (Å²) in [6.07, 6.45) is 5.98. The molecule has 162 valence electrons. The zero-order chi connectivity index (χ0) is 21.8. The average Bonchev–Trinajstić information content (AvgIpc) is 3.17. The highest BCUT2D eigenvalue weighted by atomic mass is 32.2. The molecule has 0 saturated heterocycles. The molecule has 1 unspecified atom stereocenters. The first kappa shape index (κ1) is 21.8. The van der Waals surface area contributed by atoms with Crippen LogP contribution >= 0.6 is 23.1 Å². The second-order valence-electron chi connectivity index (χ2n) is 7.89. The van der Waals surface area contributed by atoms with Gasteiger partial charge in [0.1, 0.15) is 4.83 Å². The molecule has 2 heterocycles. The van der Waals surface area contributed by atoms with Gasteiger partial charge in [0.2, 0.25) is 5.91 Å². The van der Waals surface area contributed by atoms with Crippen molar-refractivity contribution < 1.29 is 4.79 Å². The Labute approximate surface area is 190 Å². The highest BCUT2D eigenvalue weighted by Crippen LogP contribution is 2.34. The zero-order valence-corrected chi connectivity index (χ0v) is 19.4. The summed E-state index contributed by atoms with van der Waals surface area (Å²) < 4.78 is 1.65. The van der Waals surface area contributed by atoms with E-state index >= 15 is 0 Å². The van der Waals surface area contributed by atoms with Crippen LogP contribution in [0.4, 0.5) is 0 Å². The fourth-order valence-electron chi connectivity index (χ4n) is 3.97. The Bertz CT molecular complexity index is 1150. The maximum atomic E-state index is 13.3. The van der Waals surface area contributed by atoms with Crippen molar-refractivity contribution in [3.63, 3.8) is 0 Å². The molecule has 1 amide bonds. The largest absolute Gasteiger partial charge is 0.355 e. The molecule has 0 fully saturated rings. The summed E-state index contributed by atoms with van der Waals surface area (Å²) in [5.41, 5.74) is 2.37. The van der Waals surface area contributed by atoms with Gasteiger partial charge in [0.25, 0.3) is 5.56 Å². The SMILES string of the molecule is C=CCn1c(SCC(=O)NCC(C)c2ccccc2)nc2sc3c(c2c1=O)CCCC3. The molecule has 31 heavy (non-hydrogen) atoms. The summed E-state index contributed by atoms with van der Waals surface area (Å²) in [4.78, 5) is 32.6. The maximum absolute atomic E-state index is 13.3. The molecule has 4 rings (SSSR count). The quantitative estimate of drug-likeness (QED) is 0.309. The van der Waals surface area contributed by atoms with Gasteiger partial charge >= 0.3 is 0 Å². The monoisotopic (exact) mass is 453 g/mol. The van der Waals surface area contributed by atoms with Crippen LogP contribution in [0.2, 0.25) is 0 Å². The van der Waals surface area contributed by atoms with Crippen molar-refractivity contribution in [1.82, 2.24) is 14.9 Å². The summed E-state index contributed by atoms with van der Waals surface area (Å²) in [6.45, 7) is 6.86. The summed E-state index contributed by atoms with van der Waals surface area (Å²) in [7, 11) is 0. The predicted octanol–water partition coefficient (Wildman–Crippen LogP) is 4.53. The summed E-state index contributed by atoms with van der Waals surface area (Å²) >= 11 is 2.95. The third-order valence-corrected chi connectivity index (χ3v) is 7.82. The van der Waals surface area contributed by atoms with Crippen molar-refractivity contribution >= 4 is 39.2 Å². The molecule has 2 aromatic heterocycles. The van der Waals surface area contributed by atoms with E-state index in [0.717, 1.165) is 29.5 Å². The van der Waals surface area contributed by atoms with Crippen LogP contribution < -0.4 is 10.9 Å². The Morgan fingerprint density at radius 3 is 2.87 bits per heavy atom. The van der Waals surface area contributed by atoms with E-state index in [2.05, 4.69) is 31.0 Å². The molecule has 3 aromatic rings. The average molecular weight is 454 g/mol. The Balaban J connectivity index is 1.48. The van der Waals surface area contributed by atoms with Gasteiger partial charge in [-0.15, -0.1) is 17.9 Å². The van der Waals surface area contributed by atoms with Gasteiger partial charge in [-0.3, -0.25) is 14.2 Å². The van der Waals surface area contributed by atoms with Crippen molar-refractivity contribution in [3.05, 3.63) is 69.3 Å². The van der Waals surface area contributed by atoms with E-state index in [1.165, 1.54) is 34.2 Å². The van der Waals surface area contributed by atoms with Crippen LogP contribution in [-0.2, 0) is 24.2 Å². The first-order valence-corrected chi connectivity index (χ1v) is 12.5. The number of aromatic nitrogens is 2. The molecular formula is C24H27N3O2S2. The molecule has 1 N–H and O–H groups in total. The Morgan fingerprint density at radius 2 is 2.10 bits per heavy atom. The maximum Gasteiger partial charge on any atom is 0.263 e. The Morgan fingerprint density at radius 1 is 1.32 bits per heavy atom. The van der Waals surface area contributed by atoms with E-state index in [1.54, 1.807) is 22.0 Å². The van der Waals surface area contributed by atoms with Crippen LogP contribution in [0.1, 0.15) is 41.7 Å². The number of thiophene rings is 1. The van der Waals surface area contributed by atoms with E-state index in [1.807, 2.05) is 18.2 Å². The van der Waals surface area contributed by atoms with Crippen molar-refractivity contribution in [3.8, 4) is 0 Å². The molecule has 1 atom stereocenters. The van der Waals surface area contributed by atoms with Crippen LogP contribution in [0.25, 0.3) is 10.2 Å². The van der Waals surface area contributed by atoms with Crippen molar-refractivity contribution in [2.24, 2.45) is 0 Å². The second kappa shape index (κ2) is 9.83. The lowest BCUT2D eigenvalue weighted by Gasteiger charge is -2.14. The highest BCUT2D eigenvalue weighted by Gasteiger charge is 2.22.